The Morgan fingerprint density at radius 2 is 1.74 bits per heavy atom. The Labute approximate surface area is 153 Å². The van der Waals surface area contributed by atoms with Crippen LogP contribution in [0.1, 0.15) is 5.56 Å². The Morgan fingerprint density at radius 3 is 2.48 bits per heavy atom. The van der Waals surface area contributed by atoms with Crippen molar-refractivity contribution in [1.29, 1.82) is 0 Å². The molecule has 0 atom stereocenters. The molecule has 2 nitrogen and oxygen atoms in total. The zero-order valence-electron chi connectivity index (χ0n) is 12.0. The van der Waals surface area contributed by atoms with E-state index in [4.69, 9.17) is 12.2 Å². The van der Waals surface area contributed by atoms with Crippen molar-refractivity contribution in [3.8, 4) is 0 Å². The molecule has 2 aromatic carbocycles. The van der Waals surface area contributed by atoms with Crippen molar-refractivity contribution < 1.29 is 4.79 Å². The van der Waals surface area contributed by atoms with Crippen molar-refractivity contribution in [3.05, 3.63) is 81.7 Å². The van der Waals surface area contributed by atoms with Crippen LogP contribution in [0.5, 0.6) is 0 Å². The average molecular weight is 402 g/mol. The average Bonchev–Trinajstić information content (AvgIpc) is 2.83. The van der Waals surface area contributed by atoms with Crippen LogP contribution in [0, 0.1) is 0 Å². The van der Waals surface area contributed by atoms with Gasteiger partial charge in [-0.05, 0) is 39.7 Å². The van der Waals surface area contributed by atoms with Gasteiger partial charge >= 0.3 is 0 Å². The maximum atomic E-state index is 12.6. The van der Waals surface area contributed by atoms with Crippen LogP contribution in [-0.4, -0.2) is 10.2 Å². The molecule has 0 radical (unpaired) electrons. The van der Waals surface area contributed by atoms with E-state index in [2.05, 4.69) is 15.9 Å². The summed E-state index contributed by atoms with van der Waals surface area (Å²) in [6.45, 7) is 0. The lowest BCUT2D eigenvalue weighted by Crippen LogP contribution is -2.27. The minimum atomic E-state index is -0.0930. The number of nitrogens with zero attached hydrogens (tertiary/aromatic N) is 1. The van der Waals surface area contributed by atoms with Gasteiger partial charge in [-0.15, -0.1) is 0 Å². The number of hydrogen-bond acceptors (Lipinski definition) is 3. The van der Waals surface area contributed by atoms with Crippen LogP contribution in [0.3, 0.4) is 0 Å². The molecule has 1 aliphatic heterocycles. The first-order valence-corrected chi connectivity index (χ1v) is 8.93. The highest BCUT2D eigenvalue weighted by Crippen LogP contribution is 2.37. The molecular formula is C18H12BrNOS2. The van der Waals surface area contributed by atoms with Gasteiger partial charge in [-0.1, -0.05) is 78.6 Å². The summed E-state index contributed by atoms with van der Waals surface area (Å²) in [7, 11) is 0. The first-order valence-electron chi connectivity index (χ1n) is 6.91. The summed E-state index contributed by atoms with van der Waals surface area (Å²) in [5.41, 5.74) is 1.86. The lowest BCUT2D eigenvalue weighted by Gasteiger charge is -2.15. The fraction of sp³-hybridized carbons (Fsp3) is 0. The molecule has 114 valence electrons. The molecule has 1 heterocycles. The number of carbonyl (C=O) groups excluding carboxylic acids is 1. The van der Waals surface area contributed by atoms with Crippen molar-refractivity contribution in [3.63, 3.8) is 0 Å². The number of amides is 1. The fourth-order valence-corrected chi connectivity index (χ4v) is 3.83. The van der Waals surface area contributed by atoms with Crippen LogP contribution < -0.4 is 4.90 Å². The van der Waals surface area contributed by atoms with Gasteiger partial charge in [0, 0.05) is 4.47 Å². The van der Waals surface area contributed by atoms with Crippen LogP contribution in [0.25, 0.3) is 6.08 Å². The third-order valence-electron chi connectivity index (χ3n) is 3.22. The van der Waals surface area contributed by atoms with Gasteiger partial charge < -0.3 is 0 Å². The summed E-state index contributed by atoms with van der Waals surface area (Å²) >= 11 is 10.1. The molecule has 5 heteroatoms. The number of anilines is 1. The van der Waals surface area contributed by atoms with Crippen LogP contribution in [0.15, 0.2) is 76.1 Å². The van der Waals surface area contributed by atoms with E-state index in [1.807, 2.05) is 72.8 Å². The number of allylic oxidation sites excluding steroid dienone is 2. The van der Waals surface area contributed by atoms with Gasteiger partial charge in [0.1, 0.15) is 0 Å². The lowest BCUT2D eigenvalue weighted by molar-refractivity contribution is -0.113. The van der Waals surface area contributed by atoms with Gasteiger partial charge in [0.2, 0.25) is 0 Å². The molecular weight excluding hydrogens is 390 g/mol. The second-order valence-corrected chi connectivity index (χ2v) is 7.29. The van der Waals surface area contributed by atoms with Gasteiger partial charge in [-0.25, -0.2) is 0 Å². The van der Waals surface area contributed by atoms with E-state index in [0.29, 0.717) is 9.23 Å². The second kappa shape index (κ2) is 7.25. The van der Waals surface area contributed by atoms with Crippen molar-refractivity contribution in [2.45, 2.75) is 0 Å². The zero-order valence-corrected chi connectivity index (χ0v) is 15.2. The Kier molecular flexibility index (Phi) is 5.10. The number of benzene rings is 2. The van der Waals surface area contributed by atoms with Crippen molar-refractivity contribution >= 4 is 61.9 Å². The van der Waals surface area contributed by atoms with Gasteiger partial charge in [0.15, 0.2) is 4.32 Å². The Balaban J connectivity index is 1.83. The highest BCUT2D eigenvalue weighted by atomic mass is 79.9. The smallest absolute Gasteiger partial charge is 0.268 e. The molecule has 1 amide bonds. The summed E-state index contributed by atoms with van der Waals surface area (Å²) in [5, 5.41) is 0. The summed E-state index contributed by atoms with van der Waals surface area (Å²) in [4.78, 5) is 14.8. The maximum Gasteiger partial charge on any atom is 0.270 e. The van der Waals surface area contributed by atoms with E-state index < -0.39 is 0 Å². The highest BCUT2D eigenvalue weighted by molar-refractivity contribution is 9.10. The molecule has 1 aliphatic rings. The number of thiocarbonyl (C=S) groups is 1. The van der Waals surface area contributed by atoms with Gasteiger partial charge in [-0.3, -0.25) is 9.69 Å². The predicted octanol–water partition coefficient (Wildman–Crippen LogP) is 5.41. The third kappa shape index (κ3) is 3.63. The molecule has 3 rings (SSSR count). The molecule has 0 N–H and O–H groups in total. The first-order chi connectivity index (χ1) is 11.2. The van der Waals surface area contributed by atoms with Crippen LogP contribution >= 0.6 is 39.9 Å². The van der Waals surface area contributed by atoms with Crippen molar-refractivity contribution in [1.82, 2.24) is 0 Å². The fourth-order valence-electron chi connectivity index (χ4n) is 2.13. The maximum absolute atomic E-state index is 12.6. The monoisotopic (exact) mass is 401 g/mol. The summed E-state index contributed by atoms with van der Waals surface area (Å²) in [6.07, 6.45) is 5.65. The summed E-state index contributed by atoms with van der Waals surface area (Å²) in [6, 6.07) is 17.5. The van der Waals surface area contributed by atoms with E-state index in [-0.39, 0.29) is 5.91 Å². The molecule has 2 aromatic rings. The normalized spacial score (nSPS) is 16.7. The molecule has 23 heavy (non-hydrogen) atoms. The SMILES string of the molecule is O=C1C(=CC=Cc2ccccc2)SC(=S)N1c1ccccc1Br. The summed E-state index contributed by atoms with van der Waals surface area (Å²) in [5.74, 6) is -0.0930. The molecule has 0 aromatic heterocycles. The van der Waals surface area contributed by atoms with Gasteiger partial charge in [-0.2, -0.15) is 0 Å². The number of hydrogen-bond donors (Lipinski definition) is 0. The van der Waals surface area contributed by atoms with Gasteiger partial charge in [0.25, 0.3) is 5.91 Å². The number of para-hydroxylation sites is 1. The molecule has 1 fully saturated rings. The summed E-state index contributed by atoms with van der Waals surface area (Å²) < 4.78 is 1.39. The lowest BCUT2D eigenvalue weighted by atomic mass is 10.2. The molecule has 0 aliphatic carbocycles. The standard InChI is InChI=1S/C18H12BrNOS2/c19-14-10-4-5-11-15(14)20-17(21)16(23-18(20)22)12-6-9-13-7-2-1-3-8-13/h1-12H. The van der Waals surface area contributed by atoms with E-state index in [1.165, 1.54) is 11.8 Å². The minimum absolute atomic E-state index is 0.0930. The number of rotatable bonds is 3. The Bertz CT molecular complexity index is 815. The Morgan fingerprint density at radius 1 is 1.04 bits per heavy atom. The number of carbonyl (C=O) groups is 1. The molecule has 0 saturated carbocycles. The van der Waals surface area contributed by atoms with Crippen LogP contribution in [0.2, 0.25) is 0 Å². The quantitative estimate of drug-likeness (QED) is 0.506. The first kappa shape index (κ1) is 16.2. The number of thioether (sulfide) groups is 1. The van der Waals surface area contributed by atoms with Gasteiger partial charge in [0.05, 0.1) is 10.6 Å². The molecule has 0 unspecified atom stereocenters. The van der Waals surface area contributed by atoms with E-state index in [1.54, 1.807) is 4.90 Å². The third-order valence-corrected chi connectivity index (χ3v) is 5.21. The van der Waals surface area contributed by atoms with E-state index >= 15 is 0 Å². The topological polar surface area (TPSA) is 20.3 Å². The largest absolute Gasteiger partial charge is 0.270 e. The second-order valence-electron chi connectivity index (χ2n) is 4.76. The predicted molar refractivity (Wildman–Crippen MR) is 105 cm³/mol. The van der Waals surface area contributed by atoms with E-state index in [9.17, 15) is 4.79 Å². The van der Waals surface area contributed by atoms with E-state index in [0.717, 1.165) is 15.7 Å². The molecule has 1 saturated heterocycles. The van der Waals surface area contributed by atoms with Crippen molar-refractivity contribution in [2.75, 3.05) is 4.90 Å². The minimum Gasteiger partial charge on any atom is -0.268 e. The van der Waals surface area contributed by atoms with Crippen molar-refractivity contribution in [2.24, 2.45) is 0 Å². The van der Waals surface area contributed by atoms with Crippen LogP contribution in [-0.2, 0) is 4.79 Å². The highest BCUT2D eigenvalue weighted by Gasteiger charge is 2.33. The number of halogens is 1. The zero-order chi connectivity index (χ0) is 16.2. The van der Waals surface area contributed by atoms with Crippen LogP contribution in [0.4, 0.5) is 5.69 Å². The molecule has 0 spiro atoms. The molecule has 0 bridgehead atoms. The Hall–Kier alpha value is -1.69.